The molecule has 0 aromatic carbocycles. The number of rotatable bonds is 1. The van der Waals surface area contributed by atoms with Crippen LogP contribution in [0.5, 0.6) is 0 Å². The van der Waals surface area contributed by atoms with E-state index < -0.39 is 0 Å². The Kier molecular flexibility index (Phi) is 4.23. The number of hydrogen-bond donors (Lipinski definition) is 1. The number of halogens is 1. The third kappa shape index (κ3) is 2.46. The van der Waals surface area contributed by atoms with Gasteiger partial charge in [-0.3, -0.25) is 0 Å². The van der Waals surface area contributed by atoms with Crippen molar-refractivity contribution in [2.45, 2.75) is 38.6 Å². The standard InChI is InChI=1S/C10H15NS.ClH/c11-7-9-6-8-4-2-1-3-5-10(8)12-9;/h6H,1-5,7,11H2;1H. The van der Waals surface area contributed by atoms with Gasteiger partial charge in [-0.15, -0.1) is 23.7 Å². The van der Waals surface area contributed by atoms with E-state index in [1.54, 1.807) is 10.4 Å². The summed E-state index contributed by atoms with van der Waals surface area (Å²) in [5.74, 6) is 0. The van der Waals surface area contributed by atoms with E-state index in [1.165, 1.54) is 37.0 Å². The van der Waals surface area contributed by atoms with Gasteiger partial charge < -0.3 is 5.73 Å². The molecular weight excluding hydrogens is 202 g/mol. The van der Waals surface area contributed by atoms with E-state index >= 15 is 0 Å². The van der Waals surface area contributed by atoms with Gasteiger partial charge in [0.15, 0.2) is 0 Å². The SMILES string of the molecule is Cl.NCc1cc2c(s1)CCCCC2. The molecule has 0 unspecified atom stereocenters. The van der Waals surface area contributed by atoms with Crippen LogP contribution in [0.2, 0.25) is 0 Å². The second kappa shape index (κ2) is 4.99. The van der Waals surface area contributed by atoms with Crippen LogP contribution in [0.3, 0.4) is 0 Å². The molecule has 1 heterocycles. The molecule has 0 amide bonds. The lowest BCUT2D eigenvalue weighted by Gasteiger charge is -1.92. The average molecular weight is 218 g/mol. The van der Waals surface area contributed by atoms with Crippen LogP contribution in [-0.4, -0.2) is 0 Å². The van der Waals surface area contributed by atoms with Gasteiger partial charge in [-0.05, 0) is 37.3 Å². The van der Waals surface area contributed by atoms with Gasteiger partial charge in [0.2, 0.25) is 0 Å². The van der Waals surface area contributed by atoms with Gasteiger partial charge in [-0.25, -0.2) is 0 Å². The van der Waals surface area contributed by atoms with Crippen LogP contribution in [-0.2, 0) is 19.4 Å². The van der Waals surface area contributed by atoms with Crippen molar-refractivity contribution in [2.24, 2.45) is 5.73 Å². The molecule has 0 saturated carbocycles. The number of aryl methyl sites for hydroxylation is 2. The van der Waals surface area contributed by atoms with Crippen molar-refractivity contribution in [3.63, 3.8) is 0 Å². The minimum atomic E-state index is 0. The summed E-state index contributed by atoms with van der Waals surface area (Å²) in [5, 5.41) is 0. The van der Waals surface area contributed by atoms with Crippen LogP contribution in [0.1, 0.15) is 34.6 Å². The second-order valence-corrected chi connectivity index (χ2v) is 4.65. The maximum Gasteiger partial charge on any atom is 0.0273 e. The number of fused-ring (bicyclic) bond motifs is 1. The first-order valence-corrected chi connectivity index (χ1v) is 5.52. The Morgan fingerprint density at radius 1 is 1.23 bits per heavy atom. The van der Waals surface area contributed by atoms with Crippen LogP contribution in [0.15, 0.2) is 6.07 Å². The van der Waals surface area contributed by atoms with E-state index in [9.17, 15) is 0 Å². The molecule has 3 heteroatoms. The molecule has 1 aromatic heterocycles. The van der Waals surface area contributed by atoms with Gasteiger partial charge in [-0.1, -0.05) is 6.42 Å². The molecule has 0 atom stereocenters. The van der Waals surface area contributed by atoms with Crippen molar-refractivity contribution in [3.8, 4) is 0 Å². The Morgan fingerprint density at radius 2 is 2.00 bits per heavy atom. The quantitative estimate of drug-likeness (QED) is 0.720. The second-order valence-electron chi connectivity index (χ2n) is 3.43. The molecule has 1 aromatic rings. The summed E-state index contributed by atoms with van der Waals surface area (Å²) in [6.07, 6.45) is 6.72. The van der Waals surface area contributed by atoms with Crippen molar-refractivity contribution < 1.29 is 0 Å². The van der Waals surface area contributed by atoms with Crippen LogP contribution >= 0.6 is 23.7 Å². The highest BCUT2D eigenvalue weighted by atomic mass is 35.5. The van der Waals surface area contributed by atoms with Crippen LogP contribution in [0, 0.1) is 0 Å². The van der Waals surface area contributed by atoms with Crippen LogP contribution in [0.4, 0.5) is 0 Å². The molecule has 0 aliphatic heterocycles. The molecule has 13 heavy (non-hydrogen) atoms. The van der Waals surface area contributed by atoms with E-state index in [0.29, 0.717) is 0 Å². The predicted octanol–water partition coefficient (Wildman–Crippen LogP) is 2.90. The first-order chi connectivity index (χ1) is 5.90. The van der Waals surface area contributed by atoms with Crippen molar-refractivity contribution in [1.29, 1.82) is 0 Å². The normalized spacial score (nSPS) is 15.8. The molecule has 1 aliphatic carbocycles. The highest BCUT2D eigenvalue weighted by Crippen LogP contribution is 2.28. The Morgan fingerprint density at radius 3 is 2.77 bits per heavy atom. The van der Waals surface area contributed by atoms with E-state index in [-0.39, 0.29) is 12.4 Å². The largest absolute Gasteiger partial charge is 0.326 e. The smallest absolute Gasteiger partial charge is 0.0273 e. The van der Waals surface area contributed by atoms with Crippen molar-refractivity contribution >= 4 is 23.7 Å². The molecule has 0 fully saturated rings. The highest BCUT2D eigenvalue weighted by molar-refractivity contribution is 7.12. The molecule has 2 rings (SSSR count). The summed E-state index contributed by atoms with van der Waals surface area (Å²) >= 11 is 1.92. The Labute approximate surface area is 89.7 Å². The van der Waals surface area contributed by atoms with Crippen molar-refractivity contribution in [2.75, 3.05) is 0 Å². The van der Waals surface area contributed by atoms with Crippen LogP contribution < -0.4 is 5.73 Å². The lowest BCUT2D eigenvalue weighted by molar-refractivity contribution is 0.712. The maximum atomic E-state index is 5.61. The van der Waals surface area contributed by atoms with Gasteiger partial charge in [-0.2, -0.15) is 0 Å². The van der Waals surface area contributed by atoms with Gasteiger partial charge in [0.05, 0.1) is 0 Å². The zero-order valence-corrected chi connectivity index (χ0v) is 9.35. The summed E-state index contributed by atoms with van der Waals surface area (Å²) < 4.78 is 0. The summed E-state index contributed by atoms with van der Waals surface area (Å²) in [6.45, 7) is 0.720. The summed E-state index contributed by atoms with van der Waals surface area (Å²) in [7, 11) is 0. The fraction of sp³-hybridized carbons (Fsp3) is 0.600. The molecular formula is C10H16ClNS. The fourth-order valence-electron chi connectivity index (χ4n) is 1.83. The first kappa shape index (κ1) is 11.0. The summed E-state index contributed by atoms with van der Waals surface area (Å²) in [6, 6.07) is 2.31. The van der Waals surface area contributed by atoms with E-state index in [1.807, 2.05) is 11.3 Å². The van der Waals surface area contributed by atoms with Gasteiger partial charge in [0, 0.05) is 16.3 Å². The summed E-state index contributed by atoms with van der Waals surface area (Å²) in [4.78, 5) is 2.97. The molecule has 0 saturated heterocycles. The van der Waals surface area contributed by atoms with Gasteiger partial charge in [0.25, 0.3) is 0 Å². The number of thiophene rings is 1. The molecule has 1 aliphatic rings. The van der Waals surface area contributed by atoms with E-state index in [4.69, 9.17) is 5.73 Å². The molecule has 0 radical (unpaired) electrons. The lowest BCUT2D eigenvalue weighted by atomic mass is 10.1. The first-order valence-electron chi connectivity index (χ1n) is 4.70. The van der Waals surface area contributed by atoms with Crippen LogP contribution in [0.25, 0.3) is 0 Å². The summed E-state index contributed by atoms with van der Waals surface area (Å²) in [5.41, 5.74) is 7.19. The minimum absolute atomic E-state index is 0. The topological polar surface area (TPSA) is 26.0 Å². The third-order valence-corrected chi connectivity index (χ3v) is 3.76. The van der Waals surface area contributed by atoms with Crippen molar-refractivity contribution in [1.82, 2.24) is 0 Å². The minimum Gasteiger partial charge on any atom is -0.326 e. The maximum absolute atomic E-state index is 5.61. The predicted molar refractivity (Wildman–Crippen MR) is 60.7 cm³/mol. The fourth-order valence-corrected chi connectivity index (χ4v) is 2.97. The molecule has 0 bridgehead atoms. The molecule has 74 valence electrons. The molecule has 0 spiro atoms. The Balaban J connectivity index is 0.000000845. The van der Waals surface area contributed by atoms with E-state index in [0.717, 1.165) is 6.54 Å². The zero-order valence-electron chi connectivity index (χ0n) is 7.71. The monoisotopic (exact) mass is 217 g/mol. The molecule has 2 N–H and O–H groups in total. The lowest BCUT2D eigenvalue weighted by Crippen LogP contribution is -1.91. The average Bonchev–Trinajstić information content (AvgIpc) is 2.37. The Bertz CT molecular complexity index is 246. The Hall–Kier alpha value is -0.0500. The highest BCUT2D eigenvalue weighted by Gasteiger charge is 2.10. The van der Waals surface area contributed by atoms with Gasteiger partial charge in [0.1, 0.15) is 0 Å². The number of hydrogen-bond acceptors (Lipinski definition) is 2. The molecule has 1 nitrogen and oxygen atoms in total. The number of nitrogens with two attached hydrogens (primary N) is 1. The van der Waals surface area contributed by atoms with E-state index in [2.05, 4.69) is 6.07 Å². The third-order valence-electron chi connectivity index (χ3n) is 2.50. The van der Waals surface area contributed by atoms with Gasteiger partial charge >= 0.3 is 0 Å². The zero-order chi connectivity index (χ0) is 8.39. The van der Waals surface area contributed by atoms with Crippen molar-refractivity contribution in [3.05, 3.63) is 21.4 Å².